The molecule has 0 unspecified atom stereocenters. The second-order valence-electron chi connectivity index (χ2n) is 7.45. The fourth-order valence-electron chi connectivity index (χ4n) is 3.20. The summed E-state index contributed by atoms with van der Waals surface area (Å²) >= 11 is 0. The molecule has 0 aromatic carbocycles. The Balaban J connectivity index is 0.000000454. The van der Waals surface area contributed by atoms with Gasteiger partial charge in [0.05, 0.1) is 12.1 Å². The molecule has 0 aliphatic heterocycles. The first kappa shape index (κ1) is 26.3. The zero-order valence-corrected chi connectivity index (χ0v) is 19.4. The van der Waals surface area contributed by atoms with E-state index in [9.17, 15) is 18.0 Å². The maximum atomic E-state index is 12.6. The summed E-state index contributed by atoms with van der Waals surface area (Å²) in [4.78, 5) is 34.9. The van der Waals surface area contributed by atoms with Crippen LogP contribution in [0.1, 0.15) is 21.9 Å². The number of rotatable bonds is 7. The molecule has 10 nitrogen and oxygen atoms in total. The lowest BCUT2D eigenvalue weighted by atomic mass is 10.3. The van der Waals surface area contributed by atoms with Gasteiger partial charge in [-0.2, -0.15) is 13.2 Å². The Labute approximate surface area is 203 Å². The molecule has 4 heterocycles. The molecule has 4 aromatic heterocycles. The van der Waals surface area contributed by atoms with E-state index >= 15 is 0 Å². The second-order valence-corrected chi connectivity index (χ2v) is 7.45. The Morgan fingerprint density at radius 2 is 1.83 bits per heavy atom. The highest BCUT2D eigenvalue weighted by atomic mass is 19.4. The van der Waals surface area contributed by atoms with Crippen LogP contribution in [0.15, 0.2) is 55.1 Å². The van der Waals surface area contributed by atoms with E-state index in [0.29, 0.717) is 36.9 Å². The zero-order valence-electron chi connectivity index (χ0n) is 19.4. The number of imidazole rings is 2. The highest BCUT2D eigenvalue weighted by Crippen LogP contribution is 2.23. The highest BCUT2D eigenvalue weighted by Gasteiger charge is 2.38. The number of methoxy groups -OCH3 is 1. The molecule has 0 atom stereocenters. The van der Waals surface area contributed by atoms with Gasteiger partial charge in [0.25, 0.3) is 5.91 Å². The van der Waals surface area contributed by atoms with Crippen molar-refractivity contribution in [3.05, 3.63) is 72.2 Å². The maximum Gasteiger partial charge on any atom is 0.490 e. The van der Waals surface area contributed by atoms with Crippen molar-refractivity contribution in [2.75, 3.05) is 20.3 Å². The summed E-state index contributed by atoms with van der Waals surface area (Å²) in [6.07, 6.45) is 2.32. The van der Waals surface area contributed by atoms with Crippen molar-refractivity contribution in [1.82, 2.24) is 29.2 Å². The normalized spacial score (nSPS) is 11.1. The molecule has 0 fully saturated rings. The number of nitrogens with one attached hydrogen (secondary N) is 1. The molecular weight excluding hydrogens is 481 g/mol. The van der Waals surface area contributed by atoms with Gasteiger partial charge in [-0.05, 0) is 36.8 Å². The minimum Gasteiger partial charge on any atom is -0.475 e. The number of carbonyl (C=O) groups excluding carboxylic acids is 1. The van der Waals surface area contributed by atoms with Gasteiger partial charge in [0, 0.05) is 45.0 Å². The SMILES string of the molecule is COCCNC(=O)c1nc(-c2cn(Cc3ccncc3)c(C)n2)n2ccccc12.O=C(O)C(F)(F)F. The van der Waals surface area contributed by atoms with Crippen LogP contribution >= 0.6 is 0 Å². The van der Waals surface area contributed by atoms with Crippen LogP contribution in [0.4, 0.5) is 13.2 Å². The van der Waals surface area contributed by atoms with Gasteiger partial charge in [-0.3, -0.25) is 14.2 Å². The summed E-state index contributed by atoms with van der Waals surface area (Å²) in [7, 11) is 1.60. The molecule has 2 N–H and O–H groups in total. The predicted octanol–water partition coefficient (Wildman–Crippen LogP) is 2.96. The van der Waals surface area contributed by atoms with Crippen molar-refractivity contribution >= 4 is 17.4 Å². The van der Waals surface area contributed by atoms with Crippen LogP contribution in [0.3, 0.4) is 0 Å². The maximum absolute atomic E-state index is 12.6. The summed E-state index contributed by atoms with van der Waals surface area (Å²) < 4.78 is 40.7. The Kier molecular flexibility index (Phi) is 8.38. The average Bonchev–Trinajstić information content (AvgIpc) is 3.40. The Hall–Kier alpha value is -4.26. The van der Waals surface area contributed by atoms with Crippen LogP contribution < -0.4 is 5.32 Å². The van der Waals surface area contributed by atoms with Gasteiger partial charge in [0.2, 0.25) is 0 Å². The number of aryl methyl sites for hydroxylation is 1. The molecular formula is C23H23F3N6O4. The lowest BCUT2D eigenvalue weighted by molar-refractivity contribution is -0.192. The number of aliphatic carboxylic acids is 1. The Morgan fingerprint density at radius 1 is 1.14 bits per heavy atom. The number of carbonyl (C=O) groups is 2. The number of pyridine rings is 2. The molecule has 13 heteroatoms. The fourth-order valence-corrected chi connectivity index (χ4v) is 3.20. The van der Waals surface area contributed by atoms with E-state index in [0.717, 1.165) is 16.9 Å². The van der Waals surface area contributed by atoms with Gasteiger partial charge in [-0.25, -0.2) is 14.8 Å². The van der Waals surface area contributed by atoms with E-state index in [1.165, 1.54) is 0 Å². The van der Waals surface area contributed by atoms with E-state index in [2.05, 4.69) is 24.8 Å². The van der Waals surface area contributed by atoms with Gasteiger partial charge in [-0.15, -0.1) is 0 Å². The van der Waals surface area contributed by atoms with E-state index < -0.39 is 12.1 Å². The third-order valence-corrected chi connectivity index (χ3v) is 4.91. The molecule has 1 amide bonds. The second kappa shape index (κ2) is 11.4. The third-order valence-electron chi connectivity index (χ3n) is 4.91. The van der Waals surface area contributed by atoms with Crippen LogP contribution in [0.5, 0.6) is 0 Å². The largest absolute Gasteiger partial charge is 0.490 e. The van der Waals surface area contributed by atoms with E-state index in [1.54, 1.807) is 19.5 Å². The predicted molar refractivity (Wildman–Crippen MR) is 122 cm³/mol. The summed E-state index contributed by atoms with van der Waals surface area (Å²) in [5.74, 6) is -1.48. The van der Waals surface area contributed by atoms with Gasteiger partial charge in [-0.1, -0.05) is 6.07 Å². The lowest BCUT2D eigenvalue weighted by Gasteiger charge is -2.03. The van der Waals surface area contributed by atoms with Crippen molar-refractivity contribution in [3.8, 4) is 11.5 Å². The number of fused-ring (bicyclic) bond motifs is 1. The van der Waals surface area contributed by atoms with Gasteiger partial charge in [0.1, 0.15) is 11.5 Å². The van der Waals surface area contributed by atoms with Crippen molar-refractivity contribution in [2.45, 2.75) is 19.6 Å². The van der Waals surface area contributed by atoms with Crippen LogP contribution in [-0.4, -0.2) is 67.3 Å². The van der Waals surface area contributed by atoms with E-state index in [4.69, 9.17) is 14.6 Å². The number of alkyl halides is 3. The lowest BCUT2D eigenvalue weighted by Crippen LogP contribution is -2.27. The number of aromatic nitrogens is 5. The molecule has 0 saturated carbocycles. The van der Waals surface area contributed by atoms with Crippen molar-refractivity contribution in [2.24, 2.45) is 0 Å². The van der Waals surface area contributed by atoms with Gasteiger partial charge < -0.3 is 19.7 Å². The highest BCUT2D eigenvalue weighted by molar-refractivity contribution is 5.99. The number of ether oxygens (including phenoxy) is 1. The molecule has 0 bridgehead atoms. The molecule has 0 radical (unpaired) electrons. The first-order valence-corrected chi connectivity index (χ1v) is 10.6. The monoisotopic (exact) mass is 504 g/mol. The number of hydrogen-bond donors (Lipinski definition) is 2. The van der Waals surface area contributed by atoms with Crippen LogP contribution in [-0.2, 0) is 16.1 Å². The van der Waals surface area contributed by atoms with Crippen LogP contribution in [0, 0.1) is 6.92 Å². The quantitative estimate of drug-likeness (QED) is 0.371. The topological polar surface area (TPSA) is 124 Å². The smallest absolute Gasteiger partial charge is 0.475 e. The Morgan fingerprint density at radius 3 is 2.47 bits per heavy atom. The third kappa shape index (κ3) is 6.44. The first-order chi connectivity index (χ1) is 17.1. The summed E-state index contributed by atoms with van der Waals surface area (Å²) in [5.41, 5.74) is 2.96. The number of halogens is 3. The summed E-state index contributed by atoms with van der Waals surface area (Å²) in [5, 5.41) is 9.96. The number of carboxylic acids is 1. The first-order valence-electron chi connectivity index (χ1n) is 10.6. The zero-order chi connectivity index (χ0) is 26.3. The van der Waals surface area contributed by atoms with E-state index in [1.807, 2.05) is 54.0 Å². The molecule has 4 aromatic rings. The molecule has 190 valence electrons. The molecule has 0 aliphatic rings. The molecule has 4 rings (SSSR count). The van der Waals surface area contributed by atoms with E-state index in [-0.39, 0.29) is 5.91 Å². The van der Waals surface area contributed by atoms with Gasteiger partial charge >= 0.3 is 12.1 Å². The number of nitrogens with zero attached hydrogens (tertiary/aromatic N) is 5. The van der Waals surface area contributed by atoms with Crippen molar-refractivity contribution in [3.63, 3.8) is 0 Å². The molecule has 0 saturated heterocycles. The number of amides is 1. The molecule has 0 aliphatic carbocycles. The standard InChI is InChI=1S/C21H22N6O2.C2HF3O2/c1-15-24-17(14-26(15)13-16-6-8-22-9-7-16)20-25-19(21(28)23-10-12-29-2)18-5-3-4-11-27(18)20;3-2(4,5)1(6)7/h3-9,11,14H,10,12-13H2,1-2H3,(H,23,28);(H,6,7). The molecule has 36 heavy (non-hydrogen) atoms. The van der Waals surface area contributed by atoms with Crippen molar-refractivity contribution in [1.29, 1.82) is 0 Å². The minimum atomic E-state index is -5.08. The van der Waals surface area contributed by atoms with Crippen molar-refractivity contribution < 1.29 is 32.6 Å². The number of hydrogen-bond acceptors (Lipinski definition) is 6. The van der Waals surface area contributed by atoms with Crippen LogP contribution in [0.25, 0.3) is 17.0 Å². The minimum absolute atomic E-state index is 0.232. The van der Waals surface area contributed by atoms with Crippen LogP contribution in [0.2, 0.25) is 0 Å². The van der Waals surface area contributed by atoms with Gasteiger partial charge in [0.15, 0.2) is 11.5 Å². The fraction of sp³-hybridized carbons (Fsp3) is 0.261. The number of carboxylic acid groups (broad SMARTS) is 1. The Bertz CT molecular complexity index is 1330. The summed E-state index contributed by atoms with van der Waals surface area (Å²) in [6, 6.07) is 9.63. The molecule has 0 spiro atoms. The summed E-state index contributed by atoms with van der Waals surface area (Å²) in [6.45, 7) is 3.52. The average molecular weight is 504 g/mol.